The number of fused-ring (bicyclic) bond motifs is 1. The Morgan fingerprint density at radius 2 is 1.93 bits per heavy atom. The lowest BCUT2D eigenvalue weighted by molar-refractivity contribution is 0.894. The molecular weight excluding hydrogens is 436 g/mol. The fourth-order valence-electron chi connectivity index (χ4n) is 3.02. The van der Waals surface area contributed by atoms with Crippen LogP contribution in [0.2, 0.25) is 0 Å². The van der Waals surface area contributed by atoms with Crippen molar-refractivity contribution >= 4 is 50.6 Å². The van der Waals surface area contributed by atoms with Gasteiger partial charge in [-0.15, -0.1) is 28.3 Å². The van der Waals surface area contributed by atoms with Gasteiger partial charge >= 0.3 is 0 Å². The Balaban J connectivity index is 0.00000225. The highest BCUT2D eigenvalue weighted by Crippen LogP contribution is 2.30. The average Bonchev–Trinajstić information content (AvgIpc) is 3.26. The molecule has 0 unspecified atom stereocenters. The van der Waals surface area contributed by atoms with Gasteiger partial charge in [-0.2, -0.15) is 0 Å². The summed E-state index contributed by atoms with van der Waals surface area (Å²) in [4.78, 5) is 16.0. The highest BCUT2D eigenvalue weighted by atomic mass is 79.9. The van der Waals surface area contributed by atoms with Crippen molar-refractivity contribution in [2.75, 3.05) is 24.3 Å². The molecule has 1 N–H and O–H groups in total. The Bertz CT molecular complexity index is 1050. The van der Waals surface area contributed by atoms with E-state index in [0.717, 1.165) is 46.5 Å². The zero-order valence-corrected chi connectivity index (χ0v) is 18.6. The van der Waals surface area contributed by atoms with E-state index >= 15 is 0 Å². The van der Waals surface area contributed by atoms with Crippen LogP contribution in [-0.2, 0) is 6.42 Å². The molecule has 0 radical (unpaired) electrons. The monoisotopic (exact) mass is 458 g/mol. The molecule has 0 aliphatic rings. The Morgan fingerprint density at radius 3 is 2.64 bits per heavy atom. The van der Waals surface area contributed by atoms with E-state index in [9.17, 15) is 0 Å². The molecule has 0 aliphatic heterocycles. The molecule has 4 aromatic rings. The average molecular weight is 459 g/mol. The van der Waals surface area contributed by atoms with Crippen molar-refractivity contribution in [1.82, 2.24) is 19.4 Å². The molecule has 0 saturated heterocycles. The van der Waals surface area contributed by atoms with Crippen LogP contribution in [0.5, 0.6) is 0 Å². The quantitative estimate of drug-likeness (QED) is 0.430. The second-order valence-corrected chi connectivity index (χ2v) is 7.41. The van der Waals surface area contributed by atoms with Gasteiger partial charge in [0.25, 0.3) is 0 Å². The minimum atomic E-state index is 0. The predicted molar refractivity (Wildman–Crippen MR) is 122 cm³/mol. The smallest absolute Gasteiger partial charge is 0.234 e. The number of rotatable bonds is 6. The molecule has 8 heteroatoms. The van der Waals surface area contributed by atoms with E-state index in [4.69, 9.17) is 4.98 Å². The second-order valence-electron chi connectivity index (χ2n) is 6.55. The standard InChI is InChI=1S/C20H22N6S.BrH/c1-4-6-16-18(26-12-5-11-21-19(26)23-16)17-13-27-20(24-17)22-14-7-9-15(10-8-14)25(2)3;/h5,7-13H,4,6H2,1-3H3,(H,22,24);1H. The van der Waals surface area contributed by atoms with Gasteiger partial charge in [-0.3, -0.25) is 4.40 Å². The summed E-state index contributed by atoms with van der Waals surface area (Å²) in [6, 6.07) is 10.2. The number of anilines is 3. The predicted octanol–water partition coefficient (Wildman–Crippen LogP) is 5.19. The van der Waals surface area contributed by atoms with Crippen LogP contribution in [-0.4, -0.2) is 33.4 Å². The molecule has 0 aliphatic carbocycles. The van der Waals surface area contributed by atoms with Crippen molar-refractivity contribution in [2.45, 2.75) is 19.8 Å². The van der Waals surface area contributed by atoms with Gasteiger partial charge in [-0.1, -0.05) is 13.3 Å². The number of halogens is 1. The Hall–Kier alpha value is -2.45. The van der Waals surface area contributed by atoms with Crippen molar-refractivity contribution in [2.24, 2.45) is 0 Å². The molecule has 3 aromatic heterocycles. The van der Waals surface area contributed by atoms with Crippen LogP contribution in [0.15, 0.2) is 48.1 Å². The number of aromatic nitrogens is 4. The lowest BCUT2D eigenvalue weighted by atomic mass is 10.2. The third-order valence-corrected chi connectivity index (χ3v) is 5.10. The molecule has 1 aromatic carbocycles. The number of nitrogens with zero attached hydrogens (tertiary/aromatic N) is 5. The largest absolute Gasteiger partial charge is 0.378 e. The fraction of sp³-hybridized carbons (Fsp3) is 0.250. The van der Waals surface area contributed by atoms with E-state index in [0.29, 0.717) is 0 Å². The first-order valence-corrected chi connectivity index (χ1v) is 9.86. The molecule has 0 fully saturated rings. The SMILES string of the molecule is Br.CCCc1nc2ncccn2c1-c1csc(Nc2ccc(N(C)C)cc2)n1. The molecule has 0 bridgehead atoms. The van der Waals surface area contributed by atoms with Crippen molar-refractivity contribution in [1.29, 1.82) is 0 Å². The van der Waals surface area contributed by atoms with Crippen LogP contribution < -0.4 is 10.2 Å². The zero-order valence-electron chi connectivity index (χ0n) is 16.1. The van der Waals surface area contributed by atoms with Crippen LogP contribution in [0.1, 0.15) is 19.0 Å². The van der Waals surface area contributed by atoms with E-state index in [-0.39, 0.29) is 17.0 Å². The van der Waals surface area contributed by atoms with Gasteiger partial charge in [-0.25, -0.2) is 15.0 Å². The molecule has 0 saturated carbocycles. The van der Waals surface area contributed by atoms with Gasteiger partial charge in [0.1, 0.15) is 5.69 Å². The van der Waals surface area contributed by atoms with Gasteiger partial charge in [-0.05, 0) is 36.8 Å². The molecule has 146 valence electrons. The Labute approximate surface area is 179 Å². The van der Waals surface area contributed by atoms with Crippen LogP contribution in [0, 0.1) is 0 Å². The Morgan fingerprint density at radius 1 is 1.14 bits per heavy atom. The fourth-order valence-corrected chi connectivity index (χ4v) is 3.74. The first-order chi connectivity index (χ1) is 13.2. The van der Waals surface area contributed by atoms with E-state index in [1.54, 1.807) is 17.5 Å². The van der Waals surface area contributed by atoms with Gasteiger partial charge < -0.3 is 10.2 Å². The maximum atomic E-state index is 4.81. The van der Waals surface area contributed by atoms with E-state index in [1.165, 1.54) is 5.69 Å². The number of aryl methyl sites for hydroxylation is 1. The number of imidazole rings is 1. The van der Waals surface area contributed by atoms with Gasteiger partial charge in [0.2, 0.25) is 5.78 Å². The summed E-state index contributed by atoms with van der Waals surface area (Å²) in [7, 11) is 4.07. The lowest BCUT2D eigenvalue weighted by Gasteiger charge is -2.12. The topological polar surface area (TPSA) is 58.4 Å². The van der Waals surface area contributed by atoms with Crippen LogP contribution in [0.4, 0.5) is 16.5 Å². The molecule has 6 nitrogen and oxygen atoms in total. The summed E-state index contributed by atoms with van der Waals surface area (Å²) in [5.74, 6) is 0.720. The minimum Gasteiger partial charge on any atom is -0.378 e. The van der Waals surface area contributed by atoms with Gasteiger partial charge in [0.05, 0.1) is 11.4 Å². The van der Waals surface area contributed by atoms with Crippen LogP contribution in [0.3, 0.4) is 0 Å². The second kappa shape index (κ2) is 8.70. The third-order valence-electron chi connectivity index (χ3n) is 4.34. The van der Waals surface area contributed by atoms with E-state index in [1.807, 2.05) is 30.8 Å². The number of thiazole rings is 1. The highest BCUT2D eigenvalue weighted by Gasteiger charge is 2.17. The van der Waals surface area contributed by atoms with Crippen molar-refractivity contribution in [3.63, 3.8) is 0 Å². The molecule has 28 heavy (non-hydrogen) atoms. The first kappa shape index (κ1) is 20.3. The van der Waals surface area contributed by atoms with Crippen molar-refractivity contribution in [3.8, 4) is 11.4 Å². The zero-order chi connectivity index (χ0) is 18.8. The molecular formula is C20H23BrN6S. The molecule has 0 atom stereocenters. The molecule has 4 rings (SSSR count). The maximum Gasteiger partial charge on any atom is 0.234 e. The summed E-state index contributed by atoms with van der Waals surface area (Å²) in [6.45, 7) is 2.16. The lowest BCUT2D eigenvalue weighted by Crippen LogP contribution is -2.08. The number of benzene rings is 1. The number of nitrogens with one attached hydrogen (secondary N) is 1. The van der Waals surface area contributed by atoms with Crippen molar-refractivity contribution < 1.29 is 0 Å². The summed E-state index contributed by atoms with van der Waals surface area (Å²) in [5, 5.41) is 6.34. The van der Waals surface area contributed by atoms with E-state index in [2.05, 4.69) is 56.8 Å². The molecule has 3 heterocycles. The first-order valence-electron chi connectivity index (χ1n) is 8.98. The van der Waals surface area contributed by atoms with Gasteiger partial charge in [0, 0.05) is 43.2 Å². The molecule has 0 spiro atoms. The molecule has 0 amide bonds. The van der Waals surface area contributed by atoms with E-state index < -0.39 is 0 Å². The number of hydrogen-bond donors (Lipinski definition) is 1. The van der Waals surface area contributed by atoms with Crippen LogP contribution >= 0.6 is 28.3 Å². The Kier molecular flexibility index (Phi) is 6.31. The third kappa shape index (κ3) is 4.02. The summed E-state index contributed by atoms with van der Waals surface area (Å²) < 4.78 is 2.02. The number of hydrogen-bond acceptors (Lipinski definition) is 6. The summed E-state index contributed by atoms with van der Waals surface area (Å²) >= 11 is 1.59. The maximum absolute atomic E-state index is 4.81. The minimum absolute atomic E-state index is 0. The normalized spacial score (nSPS) is 10.7. The van der Waals surface area contributed by atoms with Crippen molar-refractivity contribution in [3.05, 3.63) is 53.8 Å². The van der Waals surface area contributed by atoms with Gasteiger partial charge in [0.15, 0.2) is 5.13 Å². The van der Waals surface area contributed by atoms with Crippen LogP contribution in [0.25, 0.3) is 17.2 Å². The summed E-state index contributed by atoms with van der Waals surface area (Å²) in [5.41, 5.74) is 5.20. The highest BCUT2D eigenvalue weighted by molar-refractivity contribution is 8.93. The summed E-state index contributed by atoms with van der Waals surface area (Å²) in [6.07, 6.45) is 5.71.